The number of aromatic carboxylic acids is 1. The van der Waals surface area contributed by atoms with Crippen molar-refractivity contribution in [3.63, 3.8) is 0 Å². The summed E-state index contributed by atoms with van der Waals surface area (Å²) < 4.78 is 3.20. The third-order valence-corrected chi connectivity index (χ3v) is 4.38. The average Bonchev–Trinajstić information content (AvgIpc) is 3.33. The summed E-state index contributed by atoms with van der Waals surface area (Å²) in [5.41, 5.74) is 4.39. The molecule has 1 N–H and O–H groups in total. The molecule has 0 saturated carbocycles. The number of carbonyl (C=O) groups is 1. The maximum absolute atomic E-state index is 11.2. The van der Waals surface area contributed by atoms with Crippen molar-refractivity contribution in [1.29, 1.82) is 0 Å². The Labute approximate surface area is 159 Å². The van der Waals surface area contributed by atoms with Gasteiger partial charge in [0.05, 0.1) is 35.5 Å². The number of nitrogens with zero attached hydrogens (tertiary/aromatic N) is 5. The first-order valence-electron chi connectivity index (χ1n) is 8.08. The molecule has 2 aromatic heterocycles. The maximum Gasteiger partial charge on any atom is 0.338 e. The summed E-state index contributed by atoms with van der Waals surface area (Å²) in [6.45, 7) is 2.00. The molecular formula is C19H14ClN5O2. The van der Waals surface area contributed by atoms with E-state index in [2.05, 4.69) is 15.4 Å². The molecule has 0 amide bonds. The zero-order valence-corrected chi connectivity index (χ0v) is 15.0. The molecule has 0 radical (unpaired) electrons. The lowest BCUT2D eigenvalue weighted by Gasteiger charge is -2.15. The number of hydrogen-bond acceptors (Lipinski definition) is 4. The van der Waals surface area contributed by atoms with Crippen LogP contribution in [0.1, 0.15) is 15.9 Å². The van der Waals surface area contributed by atoms with Gasteiger partial charge in [-0.2, -0.15) is 5.10 Å². The van der Waals surface area contributed by atoms with Crippen LogP contribution >= 0.6 is 11.6 Å². The van der Waals surface area contributed by atoms with Crippen LogP contribution in [0.4, 0.5) is 0 Å². The molecule has 0 spiro atoms. The van der Waals surface area contributed by atoms with E-state index in [1.54, 1.807) is 23.1 Å². The van der Waals surface area contributed by atoms with Gasteiger partial charge in [0.15, 0.2) is 0 Å². The number of carboxylic acid groups (broad SMARTS) is 1. The average molecular weight is 380 g/mol. The van der Waals surface area contributed by atoms with E-state index in [1.807, 2.05) is 37.3 Å². The molecule has 0 unspecified atom stereocenters. The molecule has 4 rings (SSSR count). The largest absolute Gasteiger partial charge is 0.478 e. The van der Waals surface area contributed by atoms with Crippen LogP contribution in [0.3, 0.4) is 0 Å². The normalized spacial score (nSPS) is 10.9. The molecule has 4 aromatic rings. The van der Waals surface area contributed by atoms with E-state index in [4.69, 9.17) is 11.6 Å². The van der Waals surface area contributed by atoms with Gasteiger partial charge in [-0.25, -0.2) is 14.2 Å². The van der Waals surface area contributed by atoms with Crippen molar-refractivity contribution in [3.8, 4) is 22.5 Å². The highest BCUT2D eigenvalue weighted by Crippen LogP contribution is 2.34. The molecule has 0 fully saturated rings. The van der Waals surface area contributed by atoms with Crippen LogP contribution in [0.25, 0.3) is 22.5 Å². The third kappa shape index (κ3) is 3.20. The first-order valence-corrected chi connectivity index (χ1v) is 8.46. The quantitative estimate of drug-likeness (QED) is 0.583. The zero-order valence-electron chi connectivity index (χ0n) is 14.2. The fourth-order valence-corrected chi connectivity index (χ4v) is 3.06. The molecule has 2 heterocycles. The van der Waals surface area contributed by atoms with Gasteiger partial charge >= 0.3 is 5.97 Å². The van der Waals surface area contributed by atoms with Crippen LogP contribution in [-0.4, -0.2) is 35.9 Å². The van der Waals surface area contributed by atoms with E-state index in [-0.39, 0.29) is 5.56 Å². The number of hydrogen-bond donors (Lipinski definition) is 1. The van der Waals surface area contributed by atoms with Gasteiger partial charge in [-0.05, 0) is 37.3 Å². The van der Waals surface area contributed by atoms with Crippen molar-refractivity contribution in [1.82, 2.24) is 24.8 Å². The Bertz CT molecular complexity index is 1130. The highest BCUT2D eigenvalue weighted by molar-refractivity contribution is 6.31. The number of benzene rings is 2. The Morgan fingerprint density at radius 2 is 1.81 bits per heavy atom. The minimum atomic E-state index is -1.03. The van der Waals surface area contributed by atoms with Crippen molar-refractivity contribution < 1.29 is 9.90 Å². The van der Waals surface area contributed by atoms with Gasteiger partial charge < -0.3 is 5.11 Å². The van der Waals surface area contributed by atoms with Crippen LogP contribution in [0.2, 0.25) is 5.02 Å². The first-order chi connectivity index (χ1) is 13.0. The molecule has 7 nitrogen and oxygen atoms in total. The van der Waals surface area contributed by atoms with E-state index < -0.39 is 5.97 Å². The zero-order chi connectivity index (χ0) is 19.0. The second kappa shape index (κ2) is 6.69. The van der Waals surface area contributed by atoms with Gasteiger partial charge in [0.25, 0.3) is 0 Å². The van der Waals surface area contributed by atoms with Gasteiger partial charge in [-0.1, -0.05) is 28.4 Å². The summed E-state index contributed by atoms with van der Waals surface area (Å²) in [6, 6.07) is 11.3. The highest BCUT2D eigenvalue weighted by atomic mass is 35.5. The number of rotatable bonds is 4. The smallest absolute Gasteiger partial charge is 0.338 e. The van der Waals surface area contributed by atoms with Crippen LogP contribution in [0.5, 0.6) is 0 Å². The molecule has 27 heavy (non-hydrogen) atoms. The molecule has 0 aliphatic carbocycles. The molecule has 2 aromatic carbocycles. The number of aryl methyl sites for hydroxylation is 1. The Hall–Kier alpha value is -3.45. The minimum Gasteiger partial charge on any atom is -0.478 e. The Morgan fingerprint density at radius 1 is 1.07 bits per heavy atom. The van der Waals surface area contributed by atoms with Crippen LogP contribution in [-0.2, 0) is 0 Å². The van der Waals surface area contributed by atoms with E-state index in [0.717, 1.165) is 22.4 Å². The monoisotopic (exact) mass is 379 g/mol. The third-order valence-electron chi connectivity index (χ3n) is 4.15. The highest BCUT2D eigenvalue weighted by Gasteiger charge is 2.16. The Kier molecular flexibility index (Phi) is 4.21. The lowest BCUT2D eigenvalue weighted by molar-refractivity contribution is 0.0697. The molecule has 0 atom stereocenters. The van der Waals surface area contributed by atoms with E-state index in [9.17, 15) is 9.90 Å². The van der Waals surface area contributed by atoms with Crippen molar-refractivity contribution in [3.05, 3.63) is 77.3 Å². The second-order valence-electron chi connectivity index (χ2n) is 6.01. The maximum atomic E-state index is 11.2. The van der Waals surface area contributed by atoms with E-state index in [1.165, 1.54) is 17.1 Å². The summed E-state index contributed by atoms with van der Waals surface area (Å²) in [6.07, 6.45) is 6.15. The second-order valence-corrected chi connectivity index (χ2v) is 6.44. The molecule has 0 aliphatic heterocycles. The summed E-state index contributed by atoms with van der Waals surface area (Å²) in [5, 5.41) is 21.9. The fraction of sp³-hybridized carbons (Fsp3) is 0.0526. The lowest BCUT2D eigenvalue weighted by atomic mass is 9.99. The summed E-state index contributed by atoms with van der Waals surface area (Å²) in [7, 11) is 0. The lowest BCUT2D eigenvalue weighted by Crippen LogP contribution is -2.03. The standard InChI is InChI=1S/C19H14ClN5O2/c1-12-2-4-17(24-7-6-21-23-24)15(8-12)16-9-14(20)3-5-18(16)25-11-13(10-22-25)19(26)27/h2-11H,1H3,(H,26,27). The van der Waals surface area contributed by atoms with Gasteiger partial charge in [0.2, 0.25) is 0 Å². The van der Waals surface area contributed by atoms with Crippen molar-refractivity contribution in [2.45, 2.75) is 6.92 Å². The number of carboxylic acids is 1. The molecule has 0 saturated heterocycles. The van der Waals surface area contributed by atoms with Crippen molar-refractivity contribution in [2.75, 3.05) is 0 Å². The predicted molar refractivity (Wildman–Crippen MR) is 101 cm³/mol. The molecule has 8 heteroatoms. The van der Waals surface area contributed by atoms with Gasteiger partial charge in [0.1, 0.15) is 0 Å². The molecule has 0 bridgehead atoms. The minimum absolute atomic E-state index is 0.108. The molecular weight excluding hydrogens is 366 g/mol. The van der Waals surface area contributed by atoms with E-state index >= 15 is 0 Å². The van der Waals surface area contributed by atoms with E-state index in [0.29, 0.717) is 10.7 Å². The van der Waals surface area contributed by atoms with Gasteiger partial charge in [0, 0.05) is 22.3 Å². The summed E-state index contributed by atoms with van der Waals surface area (Å²) in [4.78, 5) is 11.2. The van der Waals surface area contributed by atoms with Crippen molar-refractivity contribution >= 4 is 17.6 Å². The topological polar surface area (TPSA) is 85.8 Å². The SMILES string of the molecule is Cc1ccc(-n2ccnn2)c(-c2cc(Cl)ccc2-n2cc(C(=O)O)cn2)c1. The first kappa shape index (κ1) is 17.0. The van der Waals surface area contributed by atoms with Gasteiger partial charge in [-0.3, -0.25) is 0 Å². The molecule has 0 aliphatic rings. The Morgan fingerprint density at radius 3 is 2.52 bits per heavy atom. The predicted octanol–water partition coefficient (Wildman–Crippen LogP) is 3.78. The Balaban J connectivity index is 1.96. The number of aromatic nitrogens is 5. The summed E-state index contributed by atoms with van der Waals surface area (Å²) >= 11 is 6.27. The summed E-state index contributed by atoms with van der Waals surface area (Å²) in [5.74, 6) is -1.03. The van der Waals surface area contributed by atoms with Crippen LogP contribution in [0.15, 0.2) is 61.2 Å². The van der Waals surface area contributed by atoms with Gasteiger partial charge in [-0.15, -0.1) is 5.10 Å². The molecule has 134 valence electrons. The number of halogens is 1. The van der Waals surface area contributed by atoms with Crippen molar-refractivity contribution in [2.24, 2.45) is 0 Å². The van der Waals surface area contributed by atoms with Crippen LogP contribution < -0.4 is 0 Å². The van der Waals surface area contributed by atoms with Crippen LogP contribution in [0, 0.1) is 6.92 Å². The fourth-order valence-electron chi connectivity index (χ4n) is 2.89.